The second-order valence-corrected chi connectivity index (χ2v) is 4.75. The van der Waals surface area contributed by atoms with E-state index in [1.54, 1.807) is 0 Å². The average Bonchev–Trinajstić information content (AvgIpc) is 2.27. The number of halogens is 1. The summed E-state index contributed by atoms with van der Waals surface area (Å²) in [4.78, 5) is 2.15. The third-order valence-corrected chi connectivity index (χ3v) is 2.66. The average molecular weight is 257 g/mol. The van der Waals surface area contributed by atoms with E-state index in [4.69, 9.17) is 16.3 Å². The molecular formula is C13H21ClN2O. The van der Waals surface area contributed by atoms with Crippen molar-refractivity contribution in [2.45, 2.75) is 6.92 Å². The number of ether oxygens (including phenoxy) is 1. The lowest BCUT2D eigenvalue weighted by atomic mass is 10.2. The van der Waals surface area contributed by atoms with Crippen molar-refractivity contribution in [3.63, 3.8) is 0 Å². The van der Waals surface area contributed by atoms with Crippen LogP contribution in [0.5, 0.6) is 5.75 Å². The maximum absolute atomic E-state index is 5.91. The molecule has 0 radical (unpaired) electrons. The lowest BCUT2D eigenvalue weighted by molar-refractivity contribution is 0.306. The zero-order valence-electron chi connectivity index (χ0n) is 10.8. The Morgan fingerprint density at radius 3 is 2.76 bits per heavy atom. The van der Waals surface area contributed by atoms with Crippen LogP contribution >= 0.6 is 11.6 Å². The smallest absolute Gasteiger partial charge is 0.123 e. The molecule has 0 atom stereocenters. The van der Waals surface area contributed by atoms with E-state index in [-0.39, 0.29) is 0 Å². The molecule has 0 spiro atoms. The highest BCUT2D eigenvalue weighted by Crippen LogP contribution is 2.22. The molecule has 0 saturated heterocycles. The maximum Gasteiger partial charge on any atom is 0.123 e. The van der Waals surface area contributed by atoms with Gasteiger partial charge in [0.2, 0.25) is 0 Å². The third-order valence-electron chi connectivity index (χ3n) is 2.42. The molecule has 0 fully saturated rings. The van der Waals surface area contributed by atoms with Gasteiger partial charge in [-0.1, -0.05) is 17.7 Å². The first-order valence-corrected chi connectivity index (χ1v) is 6.22. The number of aryl methyl sites for hydroxylation is 1. The molecule has 0 aliphatic heterocycles. The van der Waals surface area contributed by atoms with Crippen molar-refractivity contribution in [1.29, 1.82) is 0 Å². The normalized spacial score (nSPS) is 10.9. The van der Waals surface area contributed by atoms with Gasteiger partial charge in [-0.15, -0.1) is 0 Å². The quantitative estimate of drug-likeness (QED) is 0.757. The van der Waals surface area contributed by atoms with Crippen molar-refractivity contribution >= 4 is 11.6 Å². The van der Waals surface area contributed by atoms with Gasteiger partial charge in [-0.3, -0.25) is 0 Å². The fourth-order valence-corrected chi connectivity index (χ4v) is 1.55. The van der Waals surface area contributed by atoms with Gasteiger partial charge in [0.15, 0.2) is 0 Å². The minimum Gasteiger partial charge on any atom is -0.492 e. The van der Waals surface area contributed by atoms with Crippen molar-refractivity contribution < 1.29 is 4.74 Å². The van der Waals surface area contributed by atoms with Crippen LogP contribution in [0.1, 0.15) is 5.56 Å². The fourth-order valence-electron chi connectivity index (χ4n) is 1.39. The van der Waals surface area contributed by atoms with Crippen LogP contribution in [0.4, 0.5) is 0 Å². The van der Waals surface area contributed by atoms with Crippen LogP contribution in [0, 0.1) is 6.92 Å². The summed E-state index contributed by atoms with van der Waals surface area (Å²) in [7, 11) is 4.13. The van der Waals surface area contributed by atoms with Gasteiger partial charge < -0.3 is 15.0 Å². The highest BCUT2D eigenvalue weighted by Gasteiger charge is 2.00. The molecule has 0 aromatic heterocycles. The number of benzene rings is 1. The molecule has 4 heteroatoms. The zero-order chi connectivity index (χ0) is 12.7. The largest absolute Gasteiger partial charge is 0.492 e. The summed E-state index contributed by atoms with van der Waals surface area (Å²) in [6, 6.07) is 5.70. The summed E-state index contributed by atoms with van der Waals surface area (Å²) >= 11 is 5.91. The van der Waals surface area contributed by atoms with Crippen molar-refractivity contribution in [3.05, 3.63) is 28.8 Å². The van der Waals surface area contributed by atoms with E-state index in [1.807, 2.05) is 25.1 Å². The van der Waals surface area contributed by atoms with E-state index in [0.29, 0.717) is 11.6 Å². The summed E-state index contributed by atoms with van der Waals surface area (Å²) in [6.45, 7) is 5.54. The second-order valence-electron chi connectivity index (χ2n) is 4.31. The van der Waals surface area contributed by atoms with Gasteiger partial charge in [-0.2, -0.15) is 0 Å². The molecule has 1 N–H and O–H groups in total. The van der Waals surface area contributed by atoms with Gasteiger partial charge >= 0.3 is 0 Å². The van der Waals surface area contributed by atoms with Crippen LogP contribution < -0.4 is 10.1 Å². The summed E-state index contributed by atoms with van der Waals surface area (Å²) < 4.78 is 5.66. The molecule has 0 amide bonds. The van der Waals surface area contributed by atoms with E-state index < -0.39 is 0 Å². The van der Waals surface area contributed by atoms with Crippen molar-refractivity contribution in [2.24, 2.45) is 0 Å². The standard InChI is InChI=1S/C13H21ClN2O/c1-11-4-5-12(14)10-13(11)17-9-7-15-6-8-16(2)3/h4-5,10,15H,6-9H2,1-3H3. The van der Waals surface area contributed by atoms with Crippen molar-refractivity contribution in [1.82, 2.24) is 10.2 Å². The summed E-state index contributed by atoms with van der Waals surface area (Å²) in [5, 5.41) is 4.04. The molecular weight excluding hydrogens is 236 g/mol. The molecule has 1 aromatic rings. The van der Waals surface area contributed by atoms with Crippen LogP contribution in [-0.4, -0.2) is 45.2 Å². The molecule has 0 unspecified atom stereocenters. The molecule has 0 aliphatic rings. The lowest BCUT2D eigenvalue weighted by Crippen LogP contribution is -2.29. The number of rotatable bonds is 7. The third kappa shape index (κ3) is 5.91. The molecule has 96 valence electrons. The first-order chi connectivity index (χ1) is 8.09. The molecule has 3 nitrogen and oxygen atoms in total. The predicted molar refractivity (Wildman–Crippen MR) is 73.1 cm³/mol. The Labute approximate surface area is 109 Å². The van der Waals surface area contributed by atoms with Crippen molar-refractivity contribution in [3.8, 4) is 5.75 Å². The number of hydrogen-bond acceptors (Lipinski definition) is 3. The summed E-state index contributed by atoms with van der Waals surface area (Å²) in [5.74, 6) is 0.868. The van der Waals surface area contributed by atoms with Gasteiger partial charge in [0, 0.05) is 24.7 Å². The minimum atomic E-state index is 0.661. The topological polar surface area (TPSA) is 24.5 Å². The highest BCUT2D eigenvalue weighted by molar-refractivity contribution is 6.30. The first kappa shape index (κ1) is 14.3. The Morgan fingerprint density at radius 1 is 1.29 bits per heavy atom. The molecule has 17 heavy (non-hydrogen) atoms. The van der Waals surface area contributed by atoms with Gasteiger partial charge in [-0.05, 0) is 38.7 Å². The molecule has 0 saturated carbocycles. The molecule has 1 rings (SSSR count). The van der Waals surface area contributed by atoms with E-state index in [2.05, 4.69) is 24.3 Å². The van der Waals surface area contributed by atoms with Crippen LogP contribution in [0.25, 0.3) is 0 Å². The Morgan fingerprint density at radius 2 is 2.06 bits per heavy atom. The summed E-state index contributed by atoms with van der Waals surface area (Å²) in [6.07, 6.45) is 0. The van der Waals surface area contributed by atoms with Crippen molar-refractivity contribution in [2.75, 3.05) is 40.3 Å². The van der Waals surface area contributed by atoms with Gasteiger partial charge in [0.05, 0.1) is 0 Å². The summed E-state index contributed by atoms with van der Waals surface area (Å²) in [5.41, 5.74) is 1.11. The van der Waals surface area contributed by atoms with Gasteiger partial charge in [0.25, 0.3) is 0 Å². The lowest BCUT2D eigenvalue weighted by Gasteiger charge is -2.12. The maximum atomic E-state index is 5.91. The first-order valence-electron chi connectivity index (χ1n) is 5.84. The molecule has 0 aliphatic carbocycles. The monoisotopic (exact) mass is 256 g/mol. The highest BCUT2D eigenvalue weighted by atomic mass is 35.5. The van der Waals surface area contributed by atoms with Gasteiger partial charge in [-0.25, -0.2) is 0 Å². The fraction of sp³-hybridized carbons (Fsp3) is 0.538. The SMILES string of the molecule is Cc1ccc(Cl)cc1OCCNCCN(C)C. The van der Waals surface area contributed by atoms with E-state index in [0.717, 1.165) is 30.9 Å². The predicted octanol–water partition coefficient (Wildman–Crippen LogP) is 2.18. The van der Waals surface area contributed by atoms with E-state index >= 15 is 0 Å². The molecule has 0 bridgehead atoms. The molecule has 0 heterocycles. The van der Waals surface area contributed by atoms with Crippen LogP contribution in [0.15, 0.2) is 18.2 Å². The minimum absolute atomic E-state index is 0.661. The van der Waals surface area contributed by atoms with Crippen LogP contribution in [0.2, 0.25) is 5.02 Å². The van der Waals surface area contributed by atoms with Gasteiger partial charge in [0.1, 0.15) is 12.4 Å². The van der Waals surface area contributed by atoms with Crippen LogP contribution in [0.3, 0.4) is 0 Å². The van der Waals surface area contributed by atoms with Crippen LogP contribution in [-0.2, 0) is 0 Å². The second kappa shape index (κ2) is 7.54. The Bertz CT molecular complexity index is 342. The van der Waals surface area contributed by atoms with E-state index in [1.165, 1.54) is 0 Å². The number of nitrogens with one attached hydrogen (secondary N) is 1. The number of likely N-dealkylation sites (N-methyl/N-ethyl adjacent to an activating group) is 1. The Hall–Kier alpha value is -0.770. The Balaban J connectivity index is 2.20. The molecule has 1 aromatic carbocycles. The number of hydrogen-bond donors (Lipinski definition) is 1. The zero-order valence-corrected chi connectivity index (χ0v) is 11.5. The number of nitrogens with zero attached hydrogens (tertiary/aromatic N) is 1. The Kier molecular flexibility index (Phi) is 6.34. The van der Waals surface area contributed by atoms with E-state index in [9.17, 15) is 0 Å².